The molecule has 166 valence electrons. The molecule has 4 rings (SSSR count). The van der Waals surface area contributed by atoms with Gasteiger partial charge in [0.25, 0.3) is 0 Å². The third-order valence-corrected chi connectivity index (χ3v) is 5.30. The molecule has 2 aliphatic rings. The van der Waals surface area contributed by atoms with Crippen molar-refractivity contribution >= 4 is 33.7 Å². The predicted molar refractivity (Wildman–Crippen MR) is 110 cm³/mol. The van der Waals surface area contributed by atoms with Crippen molar-refractivity contribution in [2.24, 2.45) is 5.10 Å². The summed E-state index contributed by atoms with van der Waals surface area (Å²) >= 11 is 3.38. The largest absolute Gasteiger partial charge is 0.489 e. The third kappa shape index (κ3) is 5.22. The molecule has 1 fully saturated rings. The molecule has 31 heavy (non-hydrogen) atoms. The summed E-state index contributed by atoms with van der Waals surface area (Å²) in [6, 6.07) is 4.74. The highest BCUT2D eigenvalue weighted by Gasteiger charge is 2.27. The van der Waals surface area contributed by atoms with E-state index in [0.29, 0.717) is 41.8 Å². The minimum absolute atomic E-state index is 0.0412. The number of hydrogen-bond donors (Lipinski definition) is 2. The number of amidine groups is 1. The molecule has 0 spiro atoms. The summed E-state index contributed by atoms with van der Waals surface area (Å²) in [5.74, 6) is 0.337. The number of ether oxygens (including phenoxy) is 2. The van der Waals surface area contributed by atoms with Crippen LogP contribution in [0.2, 0.25) is 0 Å². The summed E-state index contributed by atoms with van der Waals surface area (Å²) in [7, 11) is 0. The number of hydrogen-bond acceptors (Lipinski definition) is 11. The maximum Gasteiger partial charge on any atom is 0.324 e. The number of carbonyl (C=O) groups is 1. The monoisotopic (exact) mass is 497 g/mol. The van der Waals surface area contributed by atoms with Gasteiger partial charge >= 0.3 is 12.0 Å². The highest BCUT2D eigenvalue weighted by Crippen LogP contribution is 2.29. The molecule has 0 unspecified atom stereocenters. The number of anilines is 1. The average molecular weight is 498 g/mol. The minimum Gasteiger partial charge on any atom is -0.489 e. The molecule has 1 aromatic heterocycles. The van der Waals surface area contributed by atoms with Crippen LogP contribution in [0, 0.1) is 5.82 Å². The van der Waals surface area contributed by atoms with Crippen molar-refractivity contribution < 1.29 is 23.2 Å². The molecule has 0 saturated carbocycles. The van der Waals surface area contributed by atoms with E-state index in [-0.39, 0.29) is 24.3 Å². The van der Waals surface area contributed by atoms with Gasteiger partial charge in [0.1, 0.15) is 24.2 Å². The Morgan fingerprint density at radius 2 is 2.19 bits per heavy atom. The van der Waals surface area contributed by atoms with Gasteiger partial charge in [-0.2, -0.15) is 4.98 Å². The van der Waals surface area contributed by atoms with Gasteiger partial charge in [0, 0.05) is 32.0 Å². The molecule has 0 amide bonds. The van der Waals surface area contributed by atoms with Gasteiger partial charge in [-0.05, 0) is 35.0 Å². The Morgan fingerprint density at radius 3 is 2.97 bits per heavy atom. The number of carbonyl (C=O) groups excluding carboxylic acids is 1. The van der Waals surface area contributed by atoms with Crippen molar-refractivity contribution in [1.29, 1.82) is 0 Å². The van der Waals surface area contributed by atoms with E-state index in [0.717, 1.165) is 12.8 Å². The first-order valence-electron chi connectivity index (χ1n) is 9.75. The second-order valence-electron chi connectivity index (χ2n) is 6.84. The lowest BCUT2D eigenvalue weighted by Crippen LogP contribution is -2.45. The number of halogens is 2. The van der Waals surface area contributed by atoms with Crippen LogP contribution < -0.4 is 20.6 Å². The summed E-state index contributed by atoms with van der Waals surface area (Å²) in [5.41, 5.74) is 5.52. The van der Waals surface area contributed by atoms with E-state index in [4.69, 9.17) is 14.0 Å². The van der Waals surface area contributed by atoms with Gasteiger partial charge in [0.2, 0.25) is 11.7 Å². The zero-order valence-corrected chi connectivity index (χ0v) is 18.3. The molecule has 0 aliphatic carbocycles. The second kappa shape index (κ2) is 9.47. The lowest BCUT2D eigenvalue weighted by Gasteiger charge is -2.30. The van der Waals surface area contributed by atoms with Crippen LogP contribution in [0.25, 0.3) is 0 Å². The summed E-state index contributed by atoms with van der Waals surface area (Å²) in [6.07, 6.45) is 1.39. The van der Waals surface area contributed by atoms with E-state index in [1.54, 1.807) is 13.0 Å². The molecule has 0 radical (unpaired) electrons. The molecule has 0 atom stereocenters. The molecule has 2 aromatic rings. The van der Waals surface area contributed by atoms with E-state index in [2.05, 4.69) is 42.1 Å². The number of aromatic nitrogens is 2. The topological polar surface area (TPSA) is 117 Å². The maximum atomic E-state index is 13.5. The number of nitrogens with zero attached hydrogens (tertiary/aromatic N) is 5. The summed E-state index contributed by atoms with van der Waals surface area (Å²) in [6.45, 7) is 3.29. The van der Waals surface area contributed by atoms with Crippen molar-refractivity contribution in [2.45, 2.75) is 25.9 Å². The predicted octanol–water partition coefficient (Wildman–Crippen LogP) is 1.57. The quantitative estimate of drug-likeness (QED) is 0.545. The van der Waals surface area contributed by atoms with E-state index in [1.807, 2.05) is 4.90 Å². The maximum absolute atomic E-state index is 13.5. The number of hydrazone groups is 1. The molecule has 0 bridgehead atoms. The third-order valence-electron chi connectivity index (χ3n) is 4.64. The van der Waals surface area contributed by atoms with E-state index < -0.39 is 5.97 Å². The smallest absolute Gasteiger partial charge is 0.324 e. The first kappa shape index (κ1) is 21.3. The molecule has 2 aliphatic heterocycles. The first-order chi connectivity index (χ1) is 15.0. The van der Waals surface area contributed by atoms with Crippen LogP contribution >= 0.6 is 15.9 Å². The van der Waals surface area contributed by atoms with Gasteiger partial charge in [-0.25, -0.2) is 9.93 Å². The Balaban J connectivity index is 1.29. The number of rotatable bonds is 7. The SMILES string of the molecule is CCOC(=O)CN1NN=C(c2noc(N3CCC(Oc4cc(F)ccc4Br)CC3)n2)N1. The molecule has 13 heteroatoms. The van der Waals surface area contributed by atoms with Gasteiger partial charge in [-0.3, -0.25) is 10.2 Å². The number of nitrogens with one attached hydrogen (secondary N) is 2. The van der Waals surface area contributed by atoms with Gasteiger partial charge in [-0.15, -0.1) is 10.2 Å². The number of esters is 1. The molecule has 11 nitrogen and oxygen atoms in total. The van der Waals surface area contributed by atoms with Crippen molar-refractivity contribution in [3.05, 3.63) is 34.3 Å². The summed E-state index contributed by atoms with van der Waals surface area (Å²) in [4.78, 5) is 17.9. The standard InChI is InChI=1S/C18H21BrFN7O4/c1-2-29-15(28)10-27-23-17(22-25-27)16-21-18(31-24-16)26-7-5-12(6-8-26)30-14-9-11(20)3-4-13(14)19/h3-4,9,12,25H,2,5-8,10H2,1H3,(H,22,23). The van der Waals surface area contributed by atoms with Crippen molar-refractivity contribution in [2.75, 3.05) is 31.1 Å². The molecule has 1 saturated heterocycles. The average Bonchev–Trinajstić information content (AvgIpc) is 3.41. The van der Waals surface area contributed by atoms with Crippen molar-refractivity contribution in [3.63, 3.8) is 0 Å². The lowest BCUT2D eigenvalue weighted by molar-refractivity contribution is -0.145. The second-order valence-corrected chi connectivity index (χ2v) is 7.70. The van der Waals surface area contributed by atoms with Crippen molar-refractivity contribution in [1.82, 2.24) is 26.2 Å². The van der Waals surface area contributed by atoms with Gasteiger partial charge in [-0.1, -0.05) is 5.16 Å². The first-order valence-corrected chi connectivity index (χ1v) is 10.5. The number of piperidine rings is 1. The Labute approximate surface area is 185 Å². The highest BCUT2D eigenvalue weighted by atomic mass is 79.9. The molecular formula is C18H21BrFN7O4. The van der Waals surface area contributed by atoms with E-state index in [1.165, 1.54) is 17.3 Å². The van der Waals surface area contributed by atoms with Crippen LogP contribution in [0.5, 0.6) is 5.75 Å². The fourth-order valence-electron chi connectivity index (χ4n) is 3.15. The fourth-order valence-corrected chi connectivity index (χ4v) is 3.49. The van der Waals surface area contributed by atoms with Gasteiger partial charge < -0.3 is 18.9 Å². The lowest BCUT2D eigenvalue weighted by atomic mass is 10.1. The zero-order chi connectivity index (χ0) is 21.8. The van der Waals surface area contributed by atoms with Crippen molar-refractivity contribution in [3.8, 4) is 5.75 Å². The molecule has 1 aromatic carbocycles. The normalized spacial score (nSPS) is 17.1. The minimum atomic E-state index is -0.400. The van der Waals surface area contributed by atoms with Crippen LogP contribution in [0.1, 0.15) is 25.6 Å². The Bertz CT molecular complexity index is 964. The van der Waals surface area contributed by atoms with E-state index in [9.17, 15) is 9.18 Å². The van der Waals surface area contributed by atoms with Crippen LogP contribution in [0.15, 0.2) is 32.3 Å². The summed E-state index contributed by atoms with van der Waals surface area (Å²) < 4.78 is 30.4. The Kier molecular flexibility index (Phi) is 6.51. The van der Waals surface area contributed by atoms with Crippen LogP contribution in [-0.4, -0.2) is 59.4 Å². The zero-order valence-electron chi connectivity index (χ0n) is 16.7. The molecular weight excluding hydrogens is 477 g/mol. The Hall–Kier alpha value is -2.93. The van der Waals surface area contributed by atoms with Gasteiger partial charge in [0.05, 0.1) is 11.1 Å². The molecule has 3 heterocycles. The Morgan fingerprint density at radius 1 is 1.39 bits per heavy atom. The number of hydrazine groups is 2. The van der Waals surface area contributed by atoms with Crippen LogP contribution in [0.3, 0.4) is 0 Å². The summed E-state index contributed by atoms with van der Waals surface area (Å²) in [5, 5.41) is 9.35. The van der Waals surface area contributed by atoms with E-state index >= 15 is 0 Å². The molecule has 2 N–H and O–H groups in total. The number of benzene rings is 1. The fraction of sp³-hybridized carbons (Fsp3) is 0.444. The van der Waals surface area contributed by atoms with Gasteiger partial charge in [0.15, 0.2) is 0 Å². The highest BCUT2D eigenvalue weighted by molar-refractivity contribution is 9.10. The van der Waals surface area contributed by atoms with Crippen LogP contribution in [0.4, 0.5) is 10.4 Å². The van der Waals surface area contributed by atoms with Crippen LogP contribution in [-0.2, 0) is 9.53 Å².